The second kappa shape index (κ2) is 10.5. The highest BCUT2D eigenvalue weighted by atomic mass is 32.2. The van der Waals surface area contributed by atoms with Gasteiger partial charge in [-0.3, -0.25) is 25.2 Å². The molecule has 1 aromatic heterocycles. The van der Waals surface area contributed by atoms with Crippen LogP contribution in [0.5, 0.6) is 0 Å². The molecule has 0 fully saturated rings. The Kier molecular flexibility index (Phi) is 6.77. The summed E-state index contributed by atoms with van der Waals surface area (Å²) >= 11 is 1.37. The fourth-order valence-electron chi connectivity index (χ4n) is 3.89. The monoisotopic (exact) mass is 494 g/mol. The van der Waals surface area contributed by atoms with E-state index in [2.05, 4.69) is 16.0 Å². The molecule has 0 spiro atoms. The van der Waals surface area contributed by atoms with Crippen molar-refractivity contribution in [1.29, 1.82) is 0 Å². The molecule has 0 saturated carbocycles. The van der Waals surface area contributed by atoms with Crippen LogP contribution in [0.15, 0.2) is 107 Å². The van der Waals surface area contributed by atoms with Gasteiger partial charge in [-0.1, -0.05) is 78.9 Å². The number of aromatic nitrogens is 2. The third-order valence-electron chi connectivity index (χ3n) is 5.66. The minimum atomic E-state index is -0.600. The van der Waals surface area contributed by atoms with E-state index in [1.807, 2.05) is 72.8 Å². The zero-order valence-electron chi connectivity index (χ0n) is 19.2. The summed E-state index contributed by atoms with van der Waals surface area (Å²) < 4.78 is 1.27. The Morgan fingerprint density at radius 3 is 2.28 bits per heavy atom. The number of amides is 2. The van der Waals surface area contributed by atoms with E-state index in [1.54, 1.807) is 24.3 Å². The lowest BCUT2D eigenvalue weighted by Gasteiger charge is -2.12. The summed E-state index contributed by atoms with van der Waals surface area (Å²) in [7, 11) is 0. The lowest BCUT2D eigenvalue weighted by atomic mass is 10.1. The van der Waals surface area contributed by atoms with Gasteiger partial charge in [0.25, 0.3) is 11.5 Å². The number of nitrogens with one attached hydrogen (secondary N) is 2. The van der Waals surface area contributed by atoms with Crippen molar-refractivity contribution in [3.05, 3.63) is 119 Å². The summed E-state index contributed by atoms with van der Waals surface area (Å²) in [6.07, 6.45) is 0. The SMILES string of the molecule is O=C(CSc1ccc2ccccc2c1)NNC(=O)c1nn(Cc2ccccc2)c(=O)c2ccccc12. The van der Waals surface area contributed by atoms with E-state index in [0.29, 0.717) is 10.8 Å². The molecule has 0 unspecified atom stereocenters. The molecule has 5 rings (SSSR count). The van der Waals surface area contributed by atoms with Crippen molar-refractivity contribution in [2.24, 2.45) is 0 Å². The number of hydrazine groups is 1. The number of carbonyl (C=O) groups excluding carboxylic acids is 2. The van der Waals surface area contributed by atoms with E-state index >= 15 is 0 Å². The highest BCUT2D eigenvalue weighted by molar-refractivity contribution is 8.00. The maximum absolute atomic E-state index is 13.0. The molecule has 0 aliphatic heterocycles. The average Bonchev–Trinajstić information content (AvgIpc) is 2.92. The molecular weight excluding hydrogens is 472 g/mol. The first-order valence-electron chi connectivity index (χ1n) is 11.3. The molecule has 2 N–H and O–H groups in total. The van der Waals surface area contributed by atoms with Crippen molar-refractivity contribution in [3.63, 3.8) is 0 Å². The summed E-state index contributed by atoms with van der Waals surface area (Å²) in [5.74, 6) is -0.833. The highest BCUT2D eigenvalue weighted by Crippen LogP contribution is 2.23. The zero-order chi connectivity index (χ0) is 24.9. The molecule has 0 aliphatic carbocycles. The molecule has 178 valence electrons. The number of rotatable bonds is 6. The third-order valence-corrected chi connectivity index (χ3v) is 6.66. The second-order valence-corrected chi connectivity index (χ2v) is 9.19. The van der Waals surface area contributed by atoms with Gasteiger partial charge < -0.3 is 0 Å². The molecule has 36 heavy (non-hydrogen) atoms. The number of nitrogens with zero attached hydrogens (tertiary/aromatic N) is 2. The van der Waals surface area contributed by atoms with E-state index in [1.165, 1.54) is 16.4 Å². The number of fused-ring (bicyclic) bond motifs is 2. The molecule has 1 heterocycles. The lowest BCUT2D eigenvalue weighted by Crippen LogP contribution is -2.43. The van der Waals surface area contributed by atoms with Crippen molar-refractivity contribution in [2.45, 2.75) is 11.4 Å². The number of thioether (sulfide) groups is 1. The van der Waals surface area contributed by atoms with Gasteiger partial charge in [0.05, 0.1) is 17.7 Å². The molecular formula is C28H22N4O3S. The quantitative estimate of drug-likeness (QED) is 0.273. The Balaban J connectivity index is 1.29. The van der Waals surface area contributed by atoms with Gasteiger partial charge in [-0.2, -0.15) is 5.10 Å². The Hall–Kier alpha value is -4.43. The fraction of sp³-hybridized carbons (Fsp3) is 0.0714. The van der Waals surface area contributed by atoms with Gasteiger partial charge in [-0.15, -0.1) is 11.8 Å². The first-order valence-corrected chi connectivity index (χ1v) is 12.3. The van der Waals surface area contributed by atoms with Crippen LogP contribution in [0.3, 0.4) is 0 Å². The van der Waals surface area contributed by atoms with Gasteiger partial charge in [0.15, 0.2) is 5.69 Å². The van der Waals surface area contributed by atoms with Gasteiger partial charge >= 0.3 is 0 Å². The van der Waals surface area contributed by atoms with Gasteiger partial charge in [0, 0.05) is 10.3 Å². The first-order chi connectivity index (χ1) is 17.6. The Labute approximate surface area is 211 Å². The number of benzene rings is 4. The smallest absolute Gasteiger partial charge is 0.272 e. The number of hydrogen-bond donors (Lipinski definition) is 2. The average molecular weight is 495 g/mol. The van der Waals surface area contributed by atoms with Gasteiger partial charge in [0.1, 0.15) is 0 Å². The maximum Gasteiger partial charge on any atom is 0.290 e. The molecule has 0 atom stereocenters. The number of hydrogen-bond acceptors (Lipinski definition) is 5. The summed E-state index contributed by atoms with van der Waals surface area (Å²) in [4.78, 5) is 39.3. The van der Waals surface area contributed by atoms with Crippen LogP contribution >= 0.6 is 11.8 Å². The van der Waals surface area contributed by atoms with Crippen molar-refractivity contribution in [2.75, 3.05) is 5.75 Å². The minimum Gasteiger partial charge on any atom is -0.272 e. The van der Waals surface area contributed by atoms with Crippen LogP contribution in [0.4, 0.5) is 0 Å². The predicted molar refractivity (Wildman–Crippen MR) is 142 cm³/mol. The van der Waals surface area contributed by atoms with Gasteiger partial charge in [-0.05, 0) is 34.5 Å². The van der Waals surface area contributed by atoms with Crippen LogP contribution in [0.2, 0.25) is 0 Å². The summed E-state index contributed by atoms with van der Waals surface area (Å²) in [5, 5.41) is 7.36. The first kappa shape index (κ1) is 23.3. The molecule has 5 aromatic rings. The van der Waals surface area contributed by atoms with Crippen molar-refractivity contribution >= 4 is 45.1 Å². The highest BCUT2D eigenvalue weighted by Gasteiger charge is 2.17. The van der Waals surface area contributed by atoms with Crippen molar-refractivity contribution < 1.29 is 9.59 Å². The molecule has 0 aliphatic rings. The normalized spacial score (nSPS) is 10.9. The Bertz CT molecular complexity index is 1630. The minimum absolute atomic E-state index is 0.0589. The molecule has 4 aromatic carbocycles. The number of carbonyl (C=O) groups is 2. The summed E-state index contributed by atoms with van der Waals surface area (Å²) in [6, 6.07) is 30.2. The van der Waals surface area contributed by atoms with Crippen LogP contribution in [0.1, 0.15) is 16.1 Å². The third kappa shape index (κ3) is 5.13. The topological polar surface area (TPSA) is 93.1 Å². The van der Waals surface area contributed by atoms with E-state index in [4.69, 9.17) is 0 Å². The largest absolute Gasteiger partial charge is 0.290 e. The molecule has 0 radical (unpaired) electrons. The van der Waals surface area contributed by atoms with Crippen molar-refractivity contribution in [3.8, 4) is 0 Å². The standard InChI is InChI=1S/C28H22N4O3S/c33-25(18-36-22-15-14-20-10-4-5-11-21(20)16-22)29-30-27(34)26-23-12-6-7-13-24(23)28(35)32(31-26)17-19-8-2-1-3-9-19/h1-16H,17-18H2,(H,29,33)(H,30,34). The molecule has 2 amide bonds. The van der Waals surface area contributed by atoms with Crippen molar-refractivity contribution in [1.82, 2.24) is 20.6 Å². The van der Waals surface area contributed by atoms with E-state index < -0.39 is 5.91 Å². The Morgan fingerprint density at radius 1 is 0.778 bits per heavy atom. The van der Waals surface area contributed by atoms with E-state index in [9.17, 15) is 14.4 Å². The predicted octanol–water partition coefficient (Wildman–Crippen LogP) is 4.15. The van der Waals surface area contributed by atoms with Crippen LogP contribution in [0, 0.1) is 0 Å². The second-order valence-electron chi connectivity index (χ2n) is 8.14. The van der Waals surface area contributed by atoms with Crippen LogP contribution < -0.4 is 16.4 Å². The van der Waals surface area contributed by atoms with Crippen LogP contribution in [0.25, 0.3) is 21.5 Å². The van der Waals surface area contributed by atoms with E-state index in [-0.39, 0.29) is 29.5 Å². The lowest BCUT2D eigenvalue weighted by molar-refractivity contribution is -0.119. The molecule has 0 saturated heterocycles. The fourth-order valence-corrected chi connectivity index (χ4v) is 4.64. The van der Waals surface area contributed by atoms with Gasteiger partial charge in [-0.25, -0.2) is 4.68 Å². The molecule has 8 heteroatoms. The maximum atomic E-state index is 13.0. The van der Waals surface area contributed by atoms with E-state index in [0.717, 1.165) is 21.2 Å². The van der Waals surface area contributed by atoms with Crippen LogP contribution in [-0.2, 0) is 11.3 Å². The summed E-state index contributed by atoms with van der Waals surface area (Å²) in [6.45, 7) is 0.222. The zero-order valence-corrected chi connectivity index (χ0v) is 20.0. The Morgan fingerprint density at radius 2 is 1.47 bits per heavy atom. The van der Waals surface area contributed by atoms with Gasteiger partial charge in [0.2, 0.25) is 5.91 Å². The van der Waals surface area contributed by atoms with Crippen LogP contribution in [-0.4, -0.2) is 27.3 Å². The molecule has 7 nitrogen and oxygen atoms in total. The molecule has 0 bridgehead atoms. The summed E-state index contributed by atoms with van der Waals surface area (Å²) in [5.41, 5.74) is 5.54.